The molecule has 2 fully saturated rings. The maximum Gasteiger partial charge on any atom is 0.335 e. The molecule has 2 atom stereocenters. The standard InChI is InChI=1S/C25H32N2O2/c1-5-22-17(3)24(16(2)13-23(22)25(28)29)27(18-9-7-6-8-10-18)21-14-19-11-12-20(15-21)26(19)4/h6-10,13,19-21H,5,11-12,14-15H2,1-4H3,(H,28,29). The lowest BCUT2D eigenvalue weighted by molar-refractivity contribution is 0.0695. The summed E-state index contributed by atoms with van der Waals surface area (Å²) in [6.07, 6.45) is 5.61. The Labute approximate surface area is 174 Å². The number of anilines is 2. The first-order valence-electron chi connectivity index (χ1n) is 10.8. The number of fused-ring (bicyclic) bond motifs is 2. The van der Waals surface area contributed by atoms with E-state index in [1.165, 1.54) is 24.2 Å². The summed E-state index contributed by atoms with van der Waals surface area (Å²) in [6, 6.07) is 14.2. The predicted molar refractivity (Wildman–Crippen MR) is 118 cm³/mol. The zero-order valence-corrected chi connectivity index (χ0v) is 18.0. The molecule has 0 saturated carbocycles. The molecule has 4 rings (SSSR count). The molecule has 0 aliphatic carbocycles. The number of carboxylic acids is 1. The van der Waals surface area contributed by atoms with Gasteiger partial charge in [-0.15, -0.1) is 0 Å². The summed E-state index contributed by atoms with van der Waals surface area (Å²) in [7, 11) is 2.28. The zero-order chi connectivity index (χ0) is 20.7. The molecule has 29 heavy (non-hydrogen) atoms. The van der Waals surface area contributed by atoms with Gasteiger partial charge in [0.25, 0.3) is 0 Å². The van der Waals surface area contributed by atoms with E-state index >= 15 is 0 Å². The number of para-hydroxylation sites is 1. The Hall–Kier alpha value is -2.33. The number of aromatic carboxylic acids is 1. The van der Waals surface area contributed by atoms with Gasteiger partial charge in [0, 0.05) is 29.5 Å². The van der Waals surface area contributed by atoms with Gasteiger partial charge in [-0.25, -0.2) is 4.79 Å². The van der Waals surface area contributed by atoms with Crippen LogP contribution in [0.4, 0.5) is 11.4 Å². The minimum absolute atomic E-state index is 0.434. The van der Waals surface area contributed by atoms with Gasteiger partial charge in [-0.1, -0.05) is 25.1 Å². The van der Waals surface area contributed by atoms with Crippen LogP contribution < -0.4 is 4.90 Å². The van der Waals surface area contributed by atoms with Crippen LogP contribution >= 0.6 is 0 Å². The maximum atomic E-state index is 11.8. The fourth-order valence-electron chi connectivity index (χ4n) is 5.73. The molecule has 154 valence electrons. The van der Waals surface area contributed by atoms with Gasteiger partial charge >= 0.3 is 5.97 Å². The summed E-state index contributed by atoms with van der Waals surface area (Å²) < 4.78 is 0. The van der Waals surface area contributed by atoms with Crippen molar-refractivity contribution in [3.8, 4) is 0 Å². The van der Waals surface area contributed by atoms with Crippen molar-refractivity contribution in [2.45, 2.75) is 71.0 Å². The Morgan fingerprint density at radius 1 is 1.14 bits per heavy atom. The van der Waals surface area contributed by atoms with Crippen LogP contribution in [0, 0.1) is 13.8 Å². The Bertz CT molecular complexity index is 895. The second kappa shape index (κ2) is 7.83. The van der Waals surface area contributed by atoms with Crippen molar-refractivity contribution in [3.63, 3.8) is 0 Å². The molecular weight excluding hydrogens is 360 g/mol. The fourth-order valence-corrected chi connectivity index (χ4v) is 5.73. The summed E-state index contributed by atoms with van der Waals surface area (Å²) in [4.78, 5) is 16.9. The van der Waals surface area contributed by atoms with E-state index in [4.69, 9.17) is 0 Å². The number of carboxylic acid groups (broad SMARTS) is 1. The second-order valence-electron chi connectivity index (χ2n) is 8.73. The number of rotatable bonds is 5. The number of hydrogen-bond donors (Lipinski definition) is 1. The normalized spacial score (nSPS) is 23.9. The Balaban J connectivity index is 1.86. The van der Waals surface area contributed by atoms with E-state index in [0.717, 1.165) is 36.0 Å². The third kappa shape index (κ3) is 3.44. The first-order chi connectivity index (χ1) is 13.9. The molecule has 4 nitrogen and oxygen atoms in total. The molecular formula is C25H32N2O2. The number of piperidine rings is 1. The highest BCUT2D eigenvalue weighted by Crippen LogP contribution is 2.43. The lowest BCUT2D eigenvalue weighted by Gasteiger charge is -2.44. The number of aryl methyl sites for hydroxylation is 1. The smallest absolute Gasteiger partial charge is 0.335 e. The Morgan fingerprint density at radius 3 is 2.31 bits per heavy atom. The SMILES string of the molecule is CCc1c(C(=O)O)cc(C)c(N(c2ccccc2)C2CC3CCC(C2)N3C)c1C. The average Bonchev–Trinajstić information content (AvgIpc) is 2.91. The molecule has 2 aliphatic rings. The molecule has 2 unspecified atom stereocenters. The second-order valence-corrected chi connectivity index (χ2v) is 8.73. The third-order valence-corrected chi connectivity index (χ3v) is 7.17. The Morgan fingerprint density at radius 2 is 1.76 bits per heavy atom. The molecule has 0 aromatic heterocycles. The number of hydrogen-bond acceptors (Lipinski definition) is 3. The molecule has 2 aromatic rings. The van der Waals surface area contributed by atoms with E-state index in [9.17, 15) is 9.90 Å². The van der Waals surface area contributed by atoms with Crippen molar-refractivity contribution in [1.29, 1.82) is 0 Å². The Kier molecular flexibility index (Phi) is 5.39. The van der Waals surface area contributed by atoms with E-state index in [1.807, 2.05) is 6.07 Å². The van der Waals surface area contributed by atoms with Gasteiger partial charge in [0.15, 0.2) is 0 Å². The fraction of sp³-hybridized carbons (Fsp3) is 0.480. The van der Waals surface area contributed by atoms with Crippen molar-refractivity contribution < 1.29 is 9.90 Å². The first-order valence-corrected chi connectivity index (χ1v) is 10.8. The lowest BCUT2D eigenvalue weighted by atomic mass is 9.90. The quantitative estimate of drug-likeness (QED) is 0.747. The molecule has 0 amide bonds. The number of carbonyl (C=O) groups is 1. The van der Waals surface area contributed by atoms with Crippen LogP contribution in [-0.2, 0) is 6.42 Å². The van der Waals surface area contributed by atoms with Gasteiger partial charge in [0.2, 0.25) is 0 Å². The van der Waals surface area contributed by atoms with E-state index < -0.39 is 5.97 Å². The minimum Gasteiger partial charge on any atom is -0.478 e. The van der Waals surface area contributed by atoms with Crippen LogP contribution in [0.1, 0.15) is 59.7 Å². The summed E-state index contributed by atoms with van der Waals surface area (Å²) in [5.41, 5.74) is 5.97. The summed E-state index contributed by atoms with van der Waals surface area (Å²) >= 11 is 0. The molecule has 1 N–H and O–H groups in total. The van der Waals surface area contributed by atoms with Crippen molar-refractivity contribution >= 4 is 17.3 Å². The topological polar surface area (TPSA) is 43.8 Å². The molecule has 2 bridgehead atoms. The van der Waals surface area contributed by atoms with Gasteiger partial charge in [0.05, 0.1) is 5.56 Å². The van der Waals surface area contributed by atoms with E-state index in [0.29, 0.717) is 23.7 Å². The van der Waals surface area contributed by atoms with Gasteiger partial charge in [-0.2, -0.15) is 0 Å². The molecule has 2 heterocycles. The van der Waals surface area contributed by atoms with Crippen LogP contribution in [0.3, 0.4) is 0 Å². The maximum absolute atomic E-state index is 11.8. The first kappa shape index (κ1) is 20.0. The minimum atomic E-state index is -0.830. The van der Waals surface area contributed by atoms with Crippen molar-refractivity contribution in [2.75, 3.05) is 11.9 Å². The zero-order valence-electron chi connectivity index (χ0n) is 18.0. The number of benzene rings is 2. The monoisotopic (exact) mass is 392 g/mol. The van der Waals surface area contributed by atoms with Gasteiger partial charge in [0.1, 0.15) is 0 Å². The molecule has 0 spiro atoms. The van der Waals surface area contributed by atoms with Gasteiger partial charge in [-0.05, 0) is 87.9 Å². The molecule has 4 heteroatoms. The van der Waals surface area contributed by atoms with Gasteiger partial charge in [-0.3, -0.25) is 0 Å². The molecule has 0 radical (unpaired) electrons. The highest BCUT2D eigenvalue weighted by atomic mass is 16.4. The van der Waals surface area contributed by atoms with Crippen LogP contribution in [0.5, 0.6) is 0 Å². The molecule has 2 aliphatic heterocycles. The van der Waals surface area contributed by atoms with Gasteiger partial charge < -0.3 is 14.9 Å². The van der Waals surface area contributed by atoms with Crippen LogP contribution in [0.15, 0.2) is 36.4 Å². The number of nitrogens with zero attached hydrogens (tertiary/aromatic N) is 2. The van der Waals surface area contributed by atoms with E-state index in [-0.39, 0.29) is 0 Å². The highest BCUT2D eigenvalue weighted by Gasteiger charge is 2.41. The van der Waals surface area contributed by atoms with Crippen molar-refractivity contribution in [1.82, 2.24) is 4.90 Å². The highest BCUT2D eigenvalue weighted by molar-refractivity contribution is 5.92. The van der Waals surface area contributed by atoms with Crippen LogP contribution in [0.25, 0.3) is 0 Å². The summed E-state index contributed by atoms with van der Waals surface area (Å²) in [6.45, 7) is 6.22. The predicted octanol–water partition coefficient (Wildman–Crippen LogP) is 5.33. The molecule has 2 aromatic carbocycles. The summed E-state index contributed by atoms with van der Waals surface area (Å²) in [5.74, 6) is -0.830. The van der Waals surface area contributed by atoms with E-state index in [1.54, 1.807) is 0 Å². The van der Waals surface area contributed by atoms with Crippen LogP contribution in [-0.4, -0.2) is 41.1 Å². The molecule has 2 saturated heterocycles. The van der Waals surface area contributed by atoms with E-state index in [2.05, 4.69) is 68.0 Å². The van der Waals surface area contributed by atoms with Crippen molar-refractivity contribution in [2.24, 2.45) is 0 Å². The lowest BCUT2D eigenvalue weighted by Crippen LogP contribution is -2.48. The van der Waals surface area contributed by atoms with Crippen LogP contribution in [0.2, 0.25) is 0 Å². The summed E-state index contributed by atoms with van der Waals surface area (Å²) in [5, 5.41) is 9.73. The van der Waals surface area contributed by atoms with Crippen molar-refractivity contribution in [3.05, 3.63) is 58.7 Å². The average molecular weight is 393 g/mol. The largest absolute Gasteiger partial charge is 0.478 e. The third-order valence-electron chi connectivity index (χ3n) is 7.17.